The zero-order valence-electron chi connectivity index (χ0n) is 9.04. The molecular formula is C13H10N2O2. The summed E-state index contributed by atoms with van der Waals surface area (Å²) >= 11 is 0. The molecule has 0 atom stereocenters. The fourth-order valence-electron chi connectivity index (χ4n) is 1.39. The van der Waals surface area contributed by atoms with Gasteiger partial charge in [-0.05, 0) is 6.07 Å². The van der Waals surface area contributed by atoms with Gasteiger partial charge in [0, 0.05) is 18.0 Å². The number of aromatic nitrogens is 2. The molecule has 4 heteroatoms. The van der Waals surface area contributed by atoms with Crippen molar-refractivity contribution in [1.82, 2.24) is 9.97 Å². The molecule has 17 heavy (non-hydrogen) atoms. The predicted molar refractivity (Wildman–Crippen MR) is 61.8 cm³/mol. The Kier molecular flexibility index (Phi) is 3.35. The SMILES string of the molecule is O=C(CC(=O)c1ncccn1)c1ccccc1. The van der Waals surface area contributed by atoms with Crippen molar-refractivity contribution >= 4 is 11.6 Å². The normalized spacial score (nSPS) is 9.88. The van der Waals surface area contributed by atoms with Gasteiger partial charge in [0.15, 0.2) is 11.6 Å². The molecule has 0 N–H and O–H groups in total. The zero-order valence-corrected chi connectivity index (χ0v) is 9.04. The summed E-state index contributed by atoms with van der Waals surface area (Å²) in [7, 11) is 0. The van der Waals surface area contributed by atoms with Gasteiger partial charge in [0.2, 0.25) is 5.78 Å². The molecule has 0 aliphatic carbocycles. The lowest BCUT2D eigenvalue weighted by Gasteiger charge is -1.99. The number of benzene rings is 1. The molecule has 0 saturated heterocycles. The first kappa shape index (κ1) is 11.1. The van der Waals surface area contributed by atoms with Gasteiger partial charge in [-0.25, -0.2) is 9.97 Å². The van der Waals surface area contributed by atoms with Crippen LogP contribution in [0.2, 0.25) is 0 Å². The molecule has 0 aliphatic heterocycles. The Hall–Kier alpha value is -2.36. The fraction of sp³-hybridized carbons (Fsp3) is 0.0769. The third kappa shape index (κ3) is 2.81. The maximum absolute atomic E-state index is 11.8. The molecule has 1 heterocycles. The summed E-state index contributed by atoms with van der Waals surface area (Å²) in [6.45, 7) is 0. The van der Waals surface area contributed by atoms with Crippen LogP contribution in [0.1, 0.15) is 27.4 Å². The zero-order chi connectivity index (χ0) is 12.1. The first-order valence-corrected chi connectivity index (χ1v) is 5.16. The first-order chi connectivity index (χ1) is 8.27. The van der Waals surface area contributed by atoms with Crippen LogP contribution in [0.15, 0.2) is 48.8 Å². The van der Waals surface area contributed by atoms with Crippen LogP contribution in [0.5, 0.6) is 0 Å². The Morgan fingerprint density at radius 2 is 1.53 bits per heavy atom. The molecule has 0 bridgehead atoms. The van der Waals surface area contributed by atoms with Crippen molar-refractivity contribution in [3.63, 3.8) is 0 Å². The van der Waals surface area contributed by atoms with Crippen LogP contribution in [0, 0.1) is 0 Å². The Morgan fingerprint density at radius 1 is 0.882 bits per heavy atom. The van der Waals surface area contributed by atoms with Gasteiger partial charge in [-0.2, -0.15) is 0 Å². The largest absolute Gasteiger partial charge is 0.294 e. The summed E-state index contributed by atoms with van der Waals surface area (Å²) < 4.78 is 0. The lowest BCUT2D eigenvalue weighted by atomic mass is 10.1. The summed E-state index contributed by atoms with van der Waals surface area (Å²) in [4.78, 5) is 31.1. The summed E-state index contributed by atoms with van der Waals surface area (Å²) in [5.41, 5.74) is 0.525. The van der Waals surface area contributed by atoms with Crippen molar-refractivity contribution in [2.75, 3.05) is 0 Å². The molecular weight excluding hydrogens is 216 g/mol. The first-order valence-electron chi connectivity index (χ1n) is 5.16. The molecule has 0 aliphatic rings. The van der Waals surface area contributed by atoms with E-state index in [2.05, 4.69) is 9.97 Å². The minimum Gasteiger partial charge on any atom is -0.294 e. The van der Waals surface area contributed by atoms with Gasteiger partial charge in [-0.1, -0.05) is 30.3 Å². The Labute approximate surface area is 98.3 Å². The van der Waals surface area contributed by atoms with E-state index in [4.69, 9.17) is 0 Å². The third-order valence-corrected chi connectivity index (χ3v) is 2.23. The molecule has 0 saturated carbocycles. The molecule has 84 valence electrons. The minimum atomic E-state index is -0.362. The monoisotopic (exact) mass is 226 g/mol. The Bertz CT molecular complexity index is 474. The number of rotatable bonds is 4. The van der Waals surface area contributed by atoms with Crippen LogP contribution < -0.4 is 0 Å². The highest BCUT2D eigenvalue weighted by Gasteiger charge is 2.14. The number of carbonyl (C=O) groups excluding carboxylic acids is 2. The lowest BCUT2D eigenvalue weighted by Crippen LogP contribution is -2.11. The van der Waals surface area contributed by atoms with Crippen molar-refractivity contribution in [3.05, 3.63) is 60.2 Å². The van der Waals surface area contributed by atoms with E-state index >= 15 is 0 Å². The summed E-state index contributed by atoms with van der Waals surface area (Å²) in [5, 5.41) is 0. The van der Waals surface area contributed by atoms with E-state index in [0.29, 0.717) is 5.56 Å². The van der Waals surface area contributed by atoms with Crippen LogP contribution >= 0.6 is 0 Å². The molecule has 0 amide bonds. The van der Waals surface area contributed by atoms with E-state index in [1.165, 1.54) is 12.4 Å². The molecule has 1 aromatic carbocycles. The second kappa shape index (κ2) is 5.12. The molecule has 0 radical (unpaired) electrons. The average molecular weight is 226 g/mol. The molecule has 2 rings (SSSR count). The third-order valence-electron chi connectivity index (χ3n) is 2.23. The quantitative estimate of drug-likeness (QED) is 0.590. The van der Waals surface area contributed by atoms with Crippen LogP contribution in [-0.2, 0) is 0 Å². The van der Waals surface area contributed by atoms with Gasteiger partial charge in [0.05, 0.1) is 6.42 Å². The predicted octanol–water partition coefficient (Wildman–Crippen LogP) is 1.93. The number of carbonyl (C=O) groups is 2. The van der Waals surface area contributed by atoms with E-state index < -0.39 is 0 Å². The number of nitrogens with zero attached hydrogens (tertiary/aromatic N) is 2. The van der Waals surface area contributed by atoms with Crippen molar-refractivity contribution in [1.29, 1.82) is 0 Å². The van der Waals surface area contributed by atoms with Crippen LogP contribution in [-0.4, -0.2) is 21.5 Å². The van der Waals surface area contributed by atoms with Crippen molar-refractivity contribution < 1.29 is 9.59 Å². The van der Waals surface area contributed by atoms with E-state index in [9.17, 15) is 9.59 Å². The molecule has 4 nitrogen and oxygen atoms in total. The number of ketones is 2. The summed E-state index contributed by atoms with van der Waals surface area (Å²) in [5.74, 6) is -0.501. The van der Waals surface area contributed by atoms with E-state index in [1.54, 1.807) is 30.3 Å². The van der Waals surface area contributed by atoms with Crippen LogP contribution in [0.4, 0.5) is 0 Å². The van der Waals surface area contributed by atoms with Crippen LogP contribution in [0.25, 0.3) is 0 Å². The van der Waals surface area contributed by atoms with Crippen molar-refractivity contribution in [2.45, 2.75) is 6.42 Å². The number of hydrogen-bond donors (Lipinski definition) is 0. The second-order valence-electron chi connectivity index (χ2n) is 3.46. The Morgan fingerprint density at radius 3 is 2.18 bits per heavy atom. The summed E-state index contributed by atoms with van der Waals surface area (Å²) in [6, 6.07) is 10.3. The second-order valence-corrected chi connectivity index (χ2v) is 3.46. The number of Topliss-reactive ketones (excluding diaryl/α,β-unsaturated/α-hetero) is 2. The van der Waals surface area contributed by atoms with Gasteiger partial charge in [-0.15, -0.1) is 0 Å². The van der Waals surface area contributed by atoms with Crippen molar-refractivity contribution in [3.8, 4) is 0 Å². The lowest BCUT2D eigenvalue weighted by molar-refractivity contribution is 0.0888. The maximum Gasteiger partial charge on any atom is 0.207 e. The van der Waals surface area contributed by atoms with E-state index in [0.717, 1.165) is 0 Å². The molecule has 1 aromatic heterocycles. The van der Waals surface area contributed by atoms with Gasteiger partial charge in [-0.3, -0.25) is 9.59 Å². The van der Waals surface area contributed by atoms with E-state index in [1.807, 2.05) is 6.07 Å². The topological polar surface area (TPSA) is 59.9 Å². The summed E-state index contributed by atoms with van der Waals surface area (Å²) in [6.07, 6.45) is 2.76. The molecule has 2 aromatic rings. The van der Waals surface area contributed by atoms with Gasteiger partial charge < -0.3 is 0 Å². The van der Waals surface area contributed by atoms with E-state index in [-0.39, 0.29) is 23.8 Å². The highest BCUT2D eigenvalue weighted by atomic mass is 16.1. The van der Waals surface area contributed by atoms with Crippen molar-refractivity contribution in [2.24, 2.45) is 0 Å². The smallest absolute Gasteiger partial charge is 0.207 e. The number of hydrogen-bond acceptors (Lipinski definition) is 4. The average Bonchev–Trinajstić information content (AvgIpc) is 2.40. The molecule has 0 unspecified atom stereocenters. The van der Waals surface area contributed by atoms with Crippen LogP contribution in [0.3, 0.4) is 0 Å². The molecule has 0 fully saturated rings. The highest BCUT2D eigenvalue weighted by Crippen LogP contribution is 2.05. The van der Waals surface area contributed by atoms with Gasteiger partial charge in [0.25, 0.3) is 0 Å². The Balaban J connectivity index is 2.08. The van der Waals surface area contributed by atoms with Gasteiger partial charge in [0.1, 0.15) is 0 Å². The molecule has 0 spiro atoms. The highest BCUT2D eigenvalue weighted by molar-refractivity contribution is 6.12. The van der Waals surface area contributed by atoms with Gasteiger partial charge >= 0.3 is 0 Å². The standard InChI is InChI=1S/C13H10N2O2/c16-11(10-5-2-1-3-6-10)9-12(17)13-14-7-4-8-15-13/h1-8H,9H2. The minimum absolute atomic E-state index is 0.0804. The fourth-order valence-corrected chi connectivity index (χ4v) is 1.39. The maximum atomic E-state index is 11.8.